The third kappa shape index (κ3) is 3.01. The molecule has 0 spiro atoms. The second kappa shape index (κ2) is 7.12. The Morgan fingerprint density at radius 2 is 1.50 bits per heavy atom. The fraction of sp³-hybridized carbons (Fsp3) is 0.0455. The highest BCUT2D eigenvalue weighted by Gasteiger charge is 2.22. The second-order valence-electron chi connectivity index (χ2n) is 6.09. The van der Waals surface area contributed by atoms with Crippen LogP contribution in [0.1, 0.15) is 17.0 Å². The first-order valence-electron chi connectivity index (χ1n) is 8.33. The minimum Gasteiger partial charge on any atom is -0.289 e. The van der Waals surface area contributed by atoms with Crippen LogP contribution in [0.15, 0.2) is 84.2 Å². The monoisotopic (exact) mass is 359 g/mol. The van der Waals surface area contributed by atoms with Gasteiger partial charge in [-0.1, -0.05) is 72.8 Å². The molecule has 0 aliphatic rings. The number of carbonyl (C=O) groups excluding carboxylic acids is 1. The predicted octanol–water partition coefficient (Wildman–Crippen LogP) is 5.21. The molecule has 0 aliphatic heterocycles. The van der Waals surface area contributed by atoms with Gasteiger partial charge in [-0.2, -0.15) is 0 Å². The number of carbonyl (C=O) groups is 1. The topological polar surface area (TPSA) is 49.3 Å². The molecule has 1 atom stereocenters. The minimum absolute atomic E-state index is 0.440. The third-order valence-corrected chi connectivity index (χ3v) is 5.50. The van der Waals surface area contributed by atoms with Gasteiger partial charge in [0.05, 0.1) is 5.92 Å². The Morgan fingerprint density at radius 3 is 2.23 bits per heavy atom. The second-order valence-corrected chi connectivity index (χ2v) is 7.00. The highest BCUT2D eigenvalue weighted by molar-refractivity contribution is 7.17. The molecule has 0 bridgehead atoms. The van der Waals surface area contributed by atoms with E-state index in [1.165, 1.54) is 15.6 Å². The molecule has 0 saturated heterocycles. The van der Waals surface area contributed by atoms with Crippen molar-refractivity contribution in [2.45, 2.75) is 5.92 Å². The van der Waals surface area contributed by atoms with Crippen LogP contribution in [0.25, 0.3) is 21.2 Å². The van der Waals surface area contributed by atoms with Gasteiger partial charge in [0.15, 0.2) is 0 Å². The van der Waals surface area contributed by atoms with E-state index in [1.54, 1.807) is 16.8 Å². The van der Waals surface area contributed by atoms with Crippen LogP contribution in [-0.2, 0) is 4.79 Å². The van der Waals surface area contributed by atoms with Crippen molar-refractivity contribution in [1.29, 1.82) is 0 Å². The molecule has 4 rings (SSSR count). The zero-order valence-electron chi connectivity index (χ0n) is 13.9. The lowest BCUT2D eigenvalue weighted by molar-refractivity contribution is -0.129. The van der Waals surface area contributed by atoms with Gasteiger partial charge in [-0.3, -0.25) is 10.0 Å². The molecule has 4 aromatic rings. The van der Waals surface area contributed by atoms with Crippen molar-refractivity contribution in [2.75, 3.05) is 0 Å². The molecule has 26 heavy (non-hydrogen) atoms. The lowest BCUT2D eigenvalue weighted by Gasteiger charge is -2.16. The Balaban J connectivity index is 1.73. The smallest absolute Gasteiger partial charge is 0.255 e. The van der Waals surface area contributed by atoms with Crippen LogP contribution in [0.4, 0.5) is 0 Å². The Bertz CT molecular complexity index is 1040. The van der Waals surface area contributed by atoms with Crippen LogP contribution in [0.3, 0.4) is 0 Å². The largest absolute Gasteiger partial charge is 0.289 e. The maximum absolute atomic E-state index is 12.2. The highest BCUT2D eigenvalue weighted by Crippen LogP contribution is 2.35. The van der Waals surface area contributed by atoms with E-state index in [9.17, 15) is 4.79 Å². The van der Waals surface area contributed by atoms with Crippen LogP contribution in [0.5, 0.6) is 0 Å². The average Bonchev–Trinajstić information content (AvgIpc) is 3.13. The normalized spacial score (nSPS) is 12.0. The minimum atomic E-state index is -0.547. The number of hydrogen-bond acceptors (Lipinski definition) is 3. The first kappa shape index (κ1) is 16.5. The molecule has 128 valence electrons. The van der Waals surface area contributed by atoms with E-state index in [-0.39, 0.29) is 0 Å². The van der Waals surface area contributed by atoms with Gasteiger partial charge < -0.3 is 0 Å². The van der Waals surface area contributed by atoms with Crippen molar-refractivity contribution in [3.05, 3.63) is 95.4 Å². The number of nitrogens with one attached hydrogen (secondary N) is 1. The molecule has 1 unspecified atom stereocenters. The van der Waals surface area contributed by atoms with Crippen LogP contribution in [0, 0.1) is 0 Å². The molecule has 0 fully saturated rings. The Kier molecular flexibility index (Phi) is 4.52. The number of rotatable bonds is 4. The van der Waals surface area contributed by atoms with Gasteiger partial charge >= 0.3 is 0 Å². The van der Waals surface area contributed by atoms with Crippen LogP contribution >= 0.6 is 11.3 Å². The van der Waals surface area contributed by atoms with Crippen molar-refractivity contribution < 1.29 is 10.0 Å². The van der Waals surface area contributed by atoms with Gasteiger partial charge in [-0.15, -0.1) is 11.3 Å². The summed E-state index contributed by atoms with van der Waals surface area (Å²) in [7, 11) is 0. The van der Waals surface area contributed by atoms with E-state index in [1.807, 2.05) is 66.7 Å². The van der Waals surface area contributed by atoms with Crippen LogP contribution in [0.2, 0.25) is 0 Å². The summed E-state index contributed by atoms with van der Waals surface area (Å²) < 4.78 is 1.26. The van der Waals surface area contributed by atoms with Gasteiger partial charge in [0.2, 0.25) is 0 Å². The number of amides is 1. The van der Waals surface area contributed by atoms with E-state index >= 15 is 0 Å². The SMILES string of the molecule is O=C(NO)C(c1ccccc1)c1ccc(-c2csc3ccccc23)cc1. The molecule has 1 aromatic heterocycles. The molecule has 0 saturated carbocycles. The van der Waals surface area contributed by atoms with Crippen molar-refractivity contribution >= 4 is 27.3 Å². The quantitative estimate of drug-likeness (QED) is 0.388. The number of hydroxylamine groups is 1. The number of hydrogen-bond donors (Lipinski definition) is 2. The van der Waals surface area contributed by atoms with Crippen LogP contribution in [-0.4, -0.2) is 11.1 Å². The predicted molar refractivity (Wildman–Crippen MR) is 105 cm³/mol. The van der Waals surface area contributed by atoms with Crippen molar-refractivity contribution in [1.82, 2.24) is 5.48 Å². The standard InChI is InChI=1S/C22H17NO2S/c24-22(23-25)21(16-6-2-1-3-7-16)17-12-10-15(11-13-17)19-14-26-20-9-5-4-8-18(19)20/h1-14,21,25H,(H,23,24). The lowest BCUT2D eigenvalue weighted by atomic mass is 9.89. The summed E-state index contributed by atoms with van der Waals surface area (Å²) in [6.45, 7) is 0. The van der Waals surface area contributed by atoms with E-state index in [4.69, 9.17) is 5.21 Å². The number of thiophene rings is 1. The lowest BCUT2D eigenvalue weighted by Crippen LogP contribution is -2.27. The average molecular weight is 359 g/mol. The van der Waals surface area contributed by atoms with Gasteiger partial charge in [-0.25, -0.2) is 5.48 Å². The molecule has 2 N–H and O–H groups in total. The maximum Gasteiger partial charge on any atom is 0.255 e. The molecule has 0 aliphatic carbocycles. The van der Waals surface area contributed by atoms with E-state index in [0.29, 0.717) is 0 Å². The summed E-state index contributed by atoms with van der Waals surface area (Å²) in [6.07, 6.45) is 0. The summed E-state index contributed by atoms with van der Waals surface area (Å²) in [5.41, 5.74) is 5.78. The number of fused-ring (bicyclic) bond motifs is 1. The first-order chi connectivity index (χ1) is 12.8. The first-order valence-corrected chi connectivity index (χ1v) is 9.21. The zero-order valence-corrected chi connectivity index (χ0v) is 14.7. The van der Waals surface area contributed by atoms with Gasteiger partial charge in [0.25, 0.3) is 5.91 Å². The molecule has 3 aromatic carbocycles. The summed E-state index contributed by atoms with van der Waals surface area (Å²) in [6, 6.07) is 25.8. The molecule has 3 nitrogen and oxygen atoms in total. The molecule has 1 heterocycles. The highest BCUT2D eigenvalue weighted by atomic mass is 32.1. The fourth-order valence-electron chi connectivity index (χ4n) is 3.26. The third-order valence-electron chi connectivity index (χ3n) is 4.54. The van der Waals surface area contributed by atoms with Gasteiger partial charge in [-0.05, 0) is 28.1 Å². The molecular weight excluding hydrogens is 342 g/mol. The molecular formula is C22H17NO2S. The Labute approximate surface area is 155 Å². The Hall–Kier alpha value is -2.95. The molecule has 1 amide bonds. The van der Waals surface area contributed by atoms with Crippen molar-refractivity contribution in [3.8, 4) is 11.1 Å². The summed E-state index contributed by atoms with van der Waals surface area (Å²) >= 11 is 1.73. The van der Waals surface area contributed by atoms with E-state index in [0.717, 1.165) is 16.7 Å². The van der Waals surface area contributed by atoms with Crippen molar-refractivity contribution in [3.63, 3.8) is 0 Å². The van der Waals surface area contributed by atoms with E-state index < -0.39 is 11.8 Å². The summed E-state index contributed by atoms with van der Waals surface area (Å²) in [5.74, 6) is -0.987. The van der Waals surface area contributed by atoms with Gasteiger partial charge in [0.1, 0.15) is 0 Å². The van der Waals surface area contributed by atoms with Crippen LogP contribution < -0.4 is 5.48 Å². The summed E-state index contributed by atoms with van der Waals surface area (Å²) in [4.78, 5) is 12.2. The maximum atomic E-state index is 12.2. The molecule has 4 heteroatoms. The Morgan fingerprint density at radius 1 is 0.846 bits per heavy atom. The van der Waals surface area contributed by atoms with E-state index in [2.05, 4.69) is 17.5 Å². The zero-order chi connectivity index (χ0) is 17.9. The van der Waals surface area contributed by atoms with Gasteiger partial charge in [0, 0.05) is 15.6 Å². The van der Waals surface area contributed by atoms with Crippen molar-refractivity contribution in [2.24, 2.45) is 0 Å². The summed E-state index contributed by atoms with van der Waals surface area (Å²) in [5, 5.41) is 12.5. The fourth-order valence-corrected chi connectivity index (χ4v) is 4.23. The molecule has 0 radical (unpaired) electrons. The number of benzene rings is 3.